The Bertz CT molecular complexity index is 1510. The lowest BCUT2D eigenvalue weighted by molar-refractivity contribution is -0.360. The average molecular weight is 505 g/mol. The van der Waals surface area contributed by atoms with Crippen LogP contribution in [0.15, 0.2) is 55.2 Å². The molecule has 10 heteroatoms. The molecule has 0 saturated heterocycles. The van der Waals surface area contributed by atoms with Crippen molar-refractivity contribution in [2.45, 2.75) is 32.8 Å². The van der Waals surface area contributed by atoms with Crippen LogP contribution in [0.25, 0.3) is 11.4 Å². The molecule has 5 rings (SSSR count). The van der Waals surface area contributed by atoms with Gasteiger partial charge >= 0.3 is 6.09 Å². The highest BCUT2D eigenvalue weighted by Crippen LogP contribution is 2.34. The third-order valence-corrected chi connectivity index (χ3v) is 6.07. The average Bonchev–Trinajstić information content (AvgIpc) is 3.51. The van der Waals surface area contributed by atoms with Crippen LogP contribution in [0.3, 0.4) is 0 Å². The van der Waals surface area contributed by atoms with Crippen LogP contribution in [0.1, 0.15) is 31.9 Å². The normalized spacial score (nSPS) is 13.2. The molecule has 0 bridgehead atoms. The van der Waals surface area contributed by atoms with Gasteiger partial charge in [0.15, 0.2) is 0 Å². The molecule has 0 aliphatic carbocycles. The van der Waals surface area contributed by atoms with E-state index in [1.165, 1.54) is 0 Å². The minimum Gasteiger partial charge on any atom is -0.406 e. The number of halogens is 1. The molecule has 1 aromatic carbocycles. The van der Waals surface area contributed by atoms with Gasteiger partial charge in [-0.05, 0) is 39.0 Å². The molecule has 1 N–H and O–H groups in total. The summed E-state index contributed by atoms with van der Waals surface area (Å²) in [5, 5.41) is 8.09. The molecule has 0 atom stereocenters. The van der Waals surface area contributed by atoms with E-state index in [-0.39, 0.29) is 0 Å². The van der Waals surface area contributed by atoms with Crippen LogP contribution >= 0.6 is 11.6 Å². The van der Waals surface area contributed by atoms with Gasteiger partial charge in [0.1, 0.15) is 17.2 Å². The Labute approximate surface area is 214 Å². The topological polar surface area (TPSA) is 89.9 Å². The summed E-state index contributed by atoms with van der Waals surface area (Å²) in [4.78, 5) is 22.3. The van der Waals surface area contributed by atoms with Gasteiger partial charge in [0, 0.05) is 44.4 Å². The molecule has 1 aliphatic rings. The molecule has 0 radical (unpaired) electrons. The Hall–Kier alpha value is -3.98. The number of anilines is 2. The van der Waals surface area contributed by atoms with Crippen LogP contribution in [-0.2, 0) is 25.3 Å². The summed E-state index contributed by atoms with van der Waals surface area (Å²) >= 11 is 6.60. The molecular weight excluding hydrogens is 478 g/mol. The van der Waals surface area contributed by atoms with E-state index in [9.17, 15) is 4.79 Å². The maximum absolute atomic E-state index is 13.3. The van der Waals surface area contributed by atoms with Crippen molar-refractivity contribution in [1.82, 2.24) is 24.3 Å². The van der Waals surface area contributed by atoms with Crippen molar-refractivity contribution in [2.75, 3.05) is 5.32 Å². The highest BCUT2D eigenvalue weighted by atomic mass is 35.5. The summed E-state index contributed by atoms with van der Waals surface area (Å²) in [5.41, 5.74) is 4.23. The maximum atomic E-state index is 13.3. The molecule has 36 heavy (non-hydrogen) atoms. The highest BCUT2D eigenvalue weighted by Gasteiger charge is 2.40. The number of fused-ring (bicyclic) bond motifs is 1. The quantitative estimate of drug-likeness (QED) is 0.382. The molecule has 184 valence electrons. The number of nitrogens with one attached hydrogen (secondary N) is 1. The number of nitrogens with zero attached hydrogens (tertiary/aromatic N) is 6. The zero-order valence-corrected chi connectivity index (χ0v) is 21.5. The smallest absolute Gasteiger partial charge is 0.406 e. The number of benzene rings is 1. The summed E-state index contributed by atoms with van der Waals surface area (Å²) in [7, 11) is 3.78. The fourth-order valence-electron chi connectivity index (χ4n) is 4.15. The molecule has 3 aromatic heterocycles. The molecule has 0 saturated carbocycles. The molecule has 1 aliphatic heterocycles. The Balaban J connectivity index is 1.50. The van der Waals surface area contributed by atoms with Crippen LogP contribution in [-0.4, -0.2) is 46.3 Å². The molecule has 9 nitrogen and oxygen atoms in total. The van der Waals surface area contributed by atoms with E-state index in [0.29, 0.717) is 28.6 Å². The zero-order chi connectivity index (χ0) is 25.6. The number of imidazole rings is 1. The first-order chi connectivity index (χ1) is 17.1. The van der Waals surface area contributed by atoms with Gasteiger partial charge in [-0.1, -0.05) is 16.2 Å². The van der Waals surface area contributed by atoms with Gasteiger partial charge in [-0.3, -0.25) is 4.68 Å². The molecule has 4 aromatic rings. The minimum atomic E-state index is -0.642. The van der Waals surface area contributed by atoms with Crippen molar-refractivity contribution in [3.05, 3.63) is 71.4 Å². The van der Waals surface area contributed by atoms with Crippen LogP contribution in [0.2, 0.25) is 5.02 Å². The summed E-state index contributed by atoms with van der Waals surface area (Å²) in [6.45, 7) is 5.55. The first-order valence-corrected chi connectivity index (χ1v) is 11.9. The SMILES string of the molecule is Cn1cc(C2=[N+](C(=O)OC(C)(C)C)c3cc(Nc4ccc(-c5nccn5C)cc4Cl)ncc3C2)cn1. The van der Waals surface area contributed by atoms with E-state index in [1.54, 1.807) is 27.8 Å². The van der Waals surface area contributed by atoms with Crippen molar-refractivity contribution < 1.29 is 14.1 Å². The van der Waals surface area contributed by atoms with Gasteiger partial charge < -0.3 is 14.6 Å². The van der Waals surface area contributed by atoms with E-state index >= 15 is 0 Å². The predicted octanol–water partition coefficient (Wildman–Crippen LogP) is 5.24. The molecular formula is C26H27ClN7O2+. The number of rotatable bonds is 4. The van der Waals surface area contributed by atoms with Gasteiger partial charge in [0.2, 0.25) is 11.4 Å². The lowest BCUT2D eigenvalue weighted by Crippen LogP contribution is -2.30. The van der Waals surface area contributed by atoms with Crippen molar-refractivity contribution >= 4 is 40.6 Å². The number of aromatic nitrogens is 5. The second-order valence-corrected chi connectivity index (χ2v) is 10.1. The van der Waals surface area contributed by atoms with Crippen LogP contribution in [0.5, 0.6) is 0 Å². The van der Waals surface area contributed by atoms with Crippen LogP contribution in [0.4, 0.5) is 22.0 Å². The minimum absolute atomic E-state index is 0.449. The monoisotopic (exact) mass is 504 g/mol. The standard InChI is InChI=1S/C26H27ClN7O2/c1-26(2,3)36-25(35)34-21(18-14-30-33(5)15-18)11-17-13-29-23(12-22(17)34)31-20-7-6-16(10-19(20)27)24-28-8-9-32(24)4/h6-10,12-15H,11H2,1-5H3,(H,29,31)/q+1. The molecule has 0 unspecified atom stereocenters. The third-order valence-electron chi connectivity index (χ3n) is 5.76. The van der Waals surface area contributed by atoms with Crippen molar-refractivity contribution in [3.8, 4) is 11.4 Å². The summed E-state index contributed by atoms with van der Waals surface area (Å²) in [6.07, 6.45) is 9.12. The van der Waals surface area contributed by atoms with Gasteiger partial charge in [-0.25, -0.2) is 9.97 Å². The number of carbonyl (C=O) groups is 1. The molecule has 4 heterocycles. The Morgan fingerprint density at radius 2 is 1.94 bits per heavy atom. The maximum Gasteiger partial charge on any atom is 0.603 e. The van der Waals surface area contributed by atoms with Crippen molar-refractivity contribution in [2.24, 2.45) is 14.1 Å². The summed E-state index contributed by atoms with van der Waals surface area (Å²) < 4.78 is 11.0. The Morgan fingerprint density at radius 1 is 1.14 bits per heavy atom. The number of amides is 1. The van der Waals surface area contributed by atoms with Crippen molar-refractivity contribution in [3.63, 3.8) is 0 Å². The zero-order valence-electron chi connectivity index (χ0n) is 20.8. The molecule has 0 spiro atoms. The van der Waals surface area contributed by atoms with Crippen molar-refractivity contribution in [1.29, 1.82) is 0 Å². The summed E-state index contributed by atoms with van der Waals surface area (Å²) in [6, 6.07) is 7.54. The van der Waals surface area contributed by atoms with Crippen LogP contribution < -0.4 is 5.32 Å². The van der Waals surface area contributed by atoms with E-state index in [0.717, 1.165) is 28.2 Å². The molecule has 0 fully saturated rings. The Morgan fingerprint density at radius 3 is 2.58 bits per heavy atom. The van der Waals surface area contributed by atoms with Crippen LogP contribution in [0, 0.1) is 0 Å². The summed E-state index contributed by atoms with van der Waals surface area (Å²) in [5.74, 6) is 1.38. The predicted molar refractivity (Wildman–Crippen MR) is 138 cm³/mol. The number of hydrogen-bond donors (Lipinski definition) is 1. The Kier molecular flexibility index (Phi) is 5.88. The largest absolute Gasteiger partial charge is 0.603 e. The molecule has 1 amide bonds. The van der Waals surface area contributed by atoms with Gasteiger partial charge in [-0.2, -0.15) is 9.89 Å². The van der Waals surface area contributed by atoms with Gasteiger partial charge in [-0.15, -0.1) is 0 Å². The first-order valence-electron chi connectivity index (χ1n) is 11.5. The number of ether oxygens (including phenoxy) is 1. The van der Waals surface area contributed by atoms with E-state index < -0.39 is 11.7 Å². The van der Waals surface area contributed by atoms with Gasteiger partial charge in [0.05, 0.1) is 40.5 Å². The fraction of sp³-hybridized carbons (Fsp3) is 0.269. The second-order valence-electron chi connectivity index (χ2n) is 9.72. The van der Waals surface area contributed by atoms with E-state index in [2.05, 4.69) is 20.4 Å². The second kappa shape index (κ2) is 8.91. The number of aryl methyl sites for hydroxylation is 2. The number of pyridine rings is 1. The number of hydrogen-bond acceptors (Lipinski definition) is 6. The van der Waals surface area contributed by atoms with E-state index in [4.69, 9.17) is 16.3 Å². The highest BCUT2D eigenvalue weighted by molar-refractivity contribution is 6.33. The van der Waals surface area contributed by atoms with Gasteiger partial charge in [0.25, 0.3) is 0 Å². The third kappa shape index (κ3) is 4.61. The lowest BCUT2D eigenvalue weighted by atomic mass is 10.1. The van der Waals surface area contributed by atoms with E-state index in [1.807, 2.05) is 76.1 Å². The lowest BCUT2D eigenvalue weighted by Gasteiger charge is -2.16. The number of carbonyl (C=O) groups excluding carboxylic acids is 1. The first kappa shape index (κ1) is 23.7. The fourth-order valence-corrected chi connectivity index (χ4v) is 4.37.